The minimum atomic E-state index is -0.0847. The summed E-state index contributed by atoms with van der Waals surface area (Å²) in [6, 6.07) is 3.47. The standard InChI is InChI=1S/C14H21N3O4/c1-19-6-7-21-14-3-2-11(9-16-14)17-13(18)8-12-10-15-4-5-20-12/h2-3,9,12,15H,4-8,10H2,1H3,(H,17,18). The Kier molecular flexibility index (Phi) is 6.39. The first-order valence-corrected chi connectivity index (χ1v) is 6.98. The number of nitrogens with zero attached hydrogens (tertiary/aromatic N) is 1. The van der Waals surface area contributed by atoms with Gasteiger partial charge in [0, 0.05) is 26.3 Å². The number of carbonyl (C=O) groups excluding carboxylic acids is 1. The SMILES string of the molecule is COCCOc1ccc(NC(=O)CC2CNCCO2)cn1. The van der Waals surface area contributed by atoms with Crippen LogP contribution >= 0.6 is 0 Å². The summed E-state index contributed by atoms with van der Waals surface area (Å²) in [6.45, 7) is 3.15. The van der Waals surface area contributed by atoms with Crippen LogP contribution in [0.25, 0.3) is 0 Å². The van der Waals surface area contributed by atoms with E-state index in [4.69, 9.17) is 14.2 Å². The highest BCUT2D eigenvalue weighted by atomic mass is 16.5. The minimum absolute atomic E-state index is 0.0663. The van der Waals surface area contributed by atoms with E-state index in [-0.39, 0.29) is 12.0 Å². The van der Waals surface area contributed by atoms with Gasteiger partial charge in [-0.2, -0.15) is 0 Å². The Morgan fingerprint density at radius 3 is 3.10 bits per heavy atom. The lowest BCUT2D eigenvalue weighted by atomic mass is 10.2. The van der Waals surface area contributed by atoms with Crippen LogP contribution in [0.15, 0.2) is 18.3 Å². The summed E-state index contributed by atoms with van der Waals surface area (Å²) in [6.07, 6.45) is 1.84. The van der Waals surface area contributed by atoms with Crippen molar-refractivity contribution in [2.24, 2.45) is 0 Å². The molecule has 1 aliphatic rings. The minimum Gasteiger partial charge on any atom is -0.475 e. The Balaban J connectivity index is 1.75. The number of rotatable bonds is 7. The van der Waals surface area contributed by atoms with Gasteiger partial charge in [0.1, 0.15) is 6.61 Å². The van der Waals surface area contributed by atoms with E-state index in [1.807, 2.05) is 0 Å². The van der Waals surface area contributed by atoms with E-state index in [1.54, 1.807) is 25.4 Å². The zero-order valence-corrected chi connectivity index (χ0v) is 12.1. The number of ether oxygens (including phenoxy) is 3. The third-order valence-electron chi connectivity index (χ3n) is 2.97. The van der Waals surface area contributed by atoms with Crippen LogP contribution in [0.4, 0.5) is 5.69 Å². The molecule has 7 heteroatoms. The molecule has 1 aromatic heterocycles. The number of nitrogens with one attached hydrogen (secondary N) is 2. The monoisotopic (exact) mass is 295 g/mol. The summed E-state index contributed by atoms with van der Waals surface area (Å²) in [4.78, 5) is 16.0. The molecule has 7 nitrogen and oxygen atoms in total. The van der Waals surface area contributed by atoms with Crippen molar-refractivity contribution in [3.63, 3.8) is 0 Å². The van der Waals surface area contributed by atoms with Crippen LogP contribution in [0, 0.1) is 0 Å². The summed E-state index contributed by atoms with van der Waals surface area (Å²) in [5.41, 5.74) is 0.642. The second-order valence-corrected chi connectivity index (χ2v) is 4.68. The molecule has 116 valence electrons. The highest BCUT2D eigenvalue weighted by Crippen LogP contribution is 2.12. The molecule has 1 saturated heterocycles. The molecular formula is C14H21N3O4. The molecule has 1 aromatic rings. The molecule has 0 aliphatic carbocycles. The summed E-state index contributed by atoms with van der Waals surface area (Å²) in [7, 11) is 1.61. The summed E-state index contributed by atoms with van der Waals surface area (Å²) in [5.74, 6) is 0.420. The van der Waals surface area contributed by atoms with Gasteiger partial charge in [-0.05, 0) is 6.07 Å². The van der Waals surface area contributed by atoms with Crippen molar-refractivity contribution in [3.8, 4) is 5.88 Å². The van der Waals surface area contributed by atoms with E-state index in [0.29, 0.717) is 44.4 Å². The number of methoxy groups -OCH3 is 1. The van der Waals surface area contributed by atoms with Crippen LogP contribution in [-0.4, -0.2) is 57.0 Å². The van der Waals surface area contributed by atoms with Crippen LogP contribution in [-0.2, 0) is 14.3 Å². The predicted octanol–water partition coefficient (Wildman–Crippen LogP) is 0.424. The van der Waals surface area contributed by atoms with E-state index in [2.05, 4.69) is 15.6 Å². The highest BCUT2D eigenvalue weighted by molar-refractivity contribution is 5.90. The van der Waals surface area contributed by atoms with Crippen LogP contribution < -0.4 is 15.4 Å². The second kappa shape index (κ2) is 8.56. The molecular weight excluding hydrogens is 274 g/mol. The number of amides is 1. The number of anilines is 1. The van der Waals surface area contributed by atoms with Gasteiger partial charge in [0.05, 0.1) is 37.6 Å². The normalized spacial score (nSPS) is 18.2. The van der Waals surface area contributed by atoms with E-state index in [0.717, 1.165) is 6.54 Å². The Bertz CT molecular complexity index is 432. The quantitative estimate of drug-likeness (QED) is 0.710. The Hall–Kier alpha value is -1.70. The maximum atomic E-state index is 11.9. The molecule has 1 amide bonds. The van der Waals surface area contributed by atoms with Crippen LogP contribution in [0.5, 0.6) is 5.88 Å². The van der Waals surface area contributed by atoms with Gasteiger partial charge in [0.25, 0.3) is 0 Å². The van der Waals surface area contributed by atoms with E-state index < -0.39 is 0 Å². The number of carbonyl (C=O) groups is 1. The fourth-order valence-corrected chi connectivity index (χ4v) is 1.94. The second-order valence-electron chi connectivity index (χ2n) is 4.68. The van der Waals surface area contributed by atoms with Gasteiger partial charge in [-0.25, -0.2) is 4.98 Å². The number of morpholine rings is 1. The zero-order valence-electron chi connectivity index (χ0n) is 12.1. The number of hydrogen-bond donors (Lipinski definition) is 2. The summed E-state index contributed by atoms with van der Waals surface area (Å²) >= 11 is 0. The van der Waals surface area contributed by atoms with Crippen molar-refractivity contribution >= 4 is 11.6 Å². The molecule has 1 aliphatic heterocycles. The first-order valence-electron chi connectivity index (χ1n) is 6.98. The van der Waals surface area contributed by atoms with E-state index in [9.17, 15) is 4.79 Å². The van der Waals surface area contributed by atoms with Crippen molar-refractivity contribution in [1.29, 1.82) is 0 Å². The van der Waals surface area contributed by atoms with Crippen LogP contribution in [0.2, 0.25) is 0 Å². The lowest BCUT2D eigenvalue weighted by molar-refractivity contribution is -0.119. The Morgan fingerprint density at radius 1 is 1.52 bits per heavy atom. The van der Waals surface area contributed by atoms with Gasteiger partial charge >= 0.3 is 0 Å². The first kappa shape index (κ1) is 15.7. The fourth-order valence-electron chi connectivity index (χ4n) is 1.94. The molecule has 1 fully saturated rings. The third kappa shape index (κ3) is 5.66. The molecule has 0 radical (unpaired) electrons. The molecule has 2 N–H and O–H groups in total. The smallest absolute Gasteiger partial charge is 0.227 e. The van der Waals surface area contributed by atoms with Crippen molar-refractivity contribution in [1.82, 2.24) is 10.3 Å². The first-order chi connectivity index (χ1) is 10.3. The van der Waals surface area contributed by atoms with Gasteiger partial charge < -0.3 is 24.8 Å². The fraction of sp³-hybridized carbons (Fsp3) is 0.571. The largest absolute Gasteiger partial charge is 0.475 e. The molecule has 0 aromatic carbocycles. The molecule has 0 saturated carbocycles. The number of aromatic nitrogens is 1. The average Bonchev–Trinajstić information content (AvgIpc) is 2.50. The third-order valence-corrected chi connectivity index (χ3v) is 2.97. The summed E-state index contributed by atoms with van der Waals surface area (Å²) < 4.78 is 15.7. The van der Waals surface area contributed by atoms with E-state index >= 15 is 0 Å². The van der Waals surface area contributed by atoms with Crippen molar-refractivity contribution < 1.29 is 19.0 Å². The van der Waals surface area contributed by atoms with Crippen LogP contribution in [0.3, 0.4) is 0 Å². The maximum absolute atomic E-state index is 11.9. The van der Waals surface area contributed by atoms with Crippen molar-refractivity contribution in [3.05, 3.63) is 18.3 Å². The molecule has 21 heavy (non-hydrogen) atoms. The Labute approximate surface area is 124 Å². The van der Waals surface area contributed by atoms with Crippen LogP contribution in [0.1, 0.15) is 6.42 Å². The molecule has 0 bridgehead atoms. The zero-order chi connectivity index (χ0) is 14.9. The van der Waals surface area contributed by atoms with Gasteiger partial charge in [-0.3, -0.25) is 4.79 Å². The topological polar surface area (TPSA) is 81.7 Å². The predicted molar refractivity (Wildman–Crippen MR) is 77.5 cm³/mol. The highest BCUT2D eigenvalue weighted by Gasteiger charge is 2.17. The maximum Gasteiger partial charge on any atom is 0.227 e. The molecule has 0 spiro atoms. The van der Waals surface area contributed by atoms with Crippen molar-refractivity contribution in [2.45, 2.75) is 12.5 Å². The number of pyridine rings is 1. The van der Waals surface area contributed by atoms with Gasteiger partial charge in [0.15, 0.2) is 0 Å². The lowest BCUT2D eigenvalue weighted by Crippen LogP contribution is -2.40. The number of hydrogen-bond acceptors (Lipinski definition) is 6. The van der Waals surface area contributed by atoms with E-state index in [1.165, 1.54) is 0 Å². The molecule has 1 atom stereocenters. The molecule has 1 unspecified atom stereocenters. The van der Waals surface area contributed by atoms with Gasteiger partial charge in [-0.15, -0.1) is 0 Å². The van der Waals surface area contributed by atoms with Gasteiger partial charge in [-0.1, -0.05) is 0 Å². The summed E-state index contributed by atoms with van der Waals surface area (Å²) in [5, 5.41) is 5.99. The average molecular weight is 295 g/mol. The lowest BCUT2D eigenvalue weighted by Gasteiger charge is -2.23. The van der Waals surface area contributed by atoms with Crippen molar-refractivity contribution in [2.75, 3.05) is 45.3 Å². The Morgan fingerprint density at radius 2 is 2.43 bits per heavy atom. The molecule has 2 rings (SSSR count). The van der Waals surface area contributed by atoms with Gasteiger partial charge in [0.2, 0.25) is 11.8 Å². The molecule has 2 heterocycles.